The molecule has 0 aromatic heterocycles. The zero-order valence-electron chi connectivity index (χ0n) is 12.6. The quantitative estimate of drug-likeness (QED) is 0.859. The van der Waals surface area contributed by atoms with E-state index in [1.807, 2.05) is 12.1 Å². The van der Waals surface area contributed by atoms with E-state index in [9.17, 15) is 13.2 Å². The van der Waals surface area contributed by atoms with Gasteiger partial charge in [0.05, 0.1) is 18.7 Å². The third-order valence-electron chi connectivity index (χ3n) is 4.69. The van der Waals surface area contributed by atoms with Crippen molar-refractivity contribution >= 4 is 11.4 Å². The summed E-state index contributed by atoms with van der Waals surface area (Å²) in [5.41, 5.74) is 8.73. The van der Waals surface area contributed by atoms with E-state index in [-0.39, 0.29) is 12.8 Å². The Morgan fingerprint density at radius 2 is 1.77 bits per heavy atom. The molecule has 3 nitrogen and oxygen atoms in total. The van der Waals surface area contributed by atoms with Gasteiger partial charge in [0.1, 0.15) is 5.75 Å². The van der Waals surface area contributed by atoms with Gasteiger partial charge in [-0.1, -0.05) is 0 Å². The highest BCUT2D eigenvalue weighted by Crippen LogP contribution is 2.48. The van der Waals surface area contributed by atoms with Crippen molar-refractivity contribution in [1.29, 1.82) is 0 Å². The van der Waals surface area contributed by atoms with Crippen molar-refractivity contribution in [2.24, 2.45) is 5.92 Å². The summed E-state index contributed by atoms with van der Waals surface area (Å²) in [7, 11) is 1.56. The summed E-state index contributed by atoms with van der Waals surface area (Å²) in [4.78, 5) is 2.05. The molecule has 0 amide bonds. The first kappa shape index (κ1) is 15.3. The Morgan fingerprint density at radius 1 is 1.14 bits per heavy atom. The van der Waals surface area contributed by atoms with Crippen LogP contribution in [0.2, 0.25) is 0 Å². The molecular weight excluding hydrogens is 293 g/mol. The second-order valence-corrected chi connectivity index (χ2v) is 6.23. The zero-order chi connectivity index (χ0) is 15.9. The van der Waals surface area contributed by atoms with Crippen molar-refractivity contribution in [1.82, 2.24) is 0 Å². The number of ether oxygens (including phenoxy) is 1. The Morgan fingerprint density at radius 3 is 2.27 bits per heavy atom. The molecule has 0 unspecified atom stereocenters. The van der Waals surface area contributed by atoms with Gasteiger partial charge in [-0.25, -0.2) is 0 Å². The molecule has 2 aliphatic rings. The van der Waals surface area contributed by atoms with Gasteiger partial charge in [-0.2, -0.15) is 13.2 Å². The first-order chi connectivity index (χ1) is 10.4. The maximum atomic E-state index is 12.8. The van der Waals surface area contributed by atoms with Gasteiger partial charge in [0, 0.05) is 24.8 Å². The highest BCUT2D eigenvalue weighted by Gasteiger charge is 2.41. The Bertz CT molecular complexity index is 547. The molecule has 2 fully saturated rings. The Balaban J connectivity index is 1.82. The summed E-state index contributed by atoms with van der Waals surface area (Å²) >= 11 is 0. The van der Waals surface area contributed by atoms with Gasteiger partial charge >= 0.3 is 6.18 Å². The molecule has 1 saturated carbocycles. The third-order valence-corrected chi connectivity index (χ3v) is 4.69. The SMILES string of the molecule is COc1cc(N2CCC(C(F)(F)F)CC2)c(C2CC2)cc1N. The highest BCUT2D eigenvalue weighted by molar-refractivity contribution is 5.68. The molecule has 0 bridgehead atoms. The molecule has 0 atom stereocenters. The zero-order valence-corrected chi connectivity index (χ0v) is 12.6. The van der Waals surface area contributed by atoms with Crippen LogP contribution in [0.3, 0.4) is 0 Å². The largest absolute Gasteiger partial charge is 0.495 e. The molecule has 0 radical (unpaired) electrons. The fraction of sp³-hybridized carbons (Fsp3) is 0.625. The summed E-state index contributed by atoms with van der Waals surface area (Å²) in [6, 6.07) is 3.82. The summed E-state index contributed by atoms with van der Waals surface area (Å²) < 4.78 is 43.7. The maximum absolute atomic E-state index is 12.8. The van der Waals surface area contributed by atoms with Gasteiger partial charge in [-0.05, 0) is 43.2 Å². The van der Waals surface area contributed by atoms with Gasteiger partial charge in [0.25, 0.3) is 0 Å². The van der Waals surface area contributed by atoms with Crippen LogP contribution in [0.1, 0.15) is 37.2 Å². The average molecular weight is 314 g/mol. The van der Waals surface area contributed by atoms with Gasteiger partial charge in [0.15, 0.2) is 0 Å². The van der Waals surface area contributed by atoms with Crippen LogP contribution in [0.25, 0.3) is 0 Å². The predicted molar refractivity (Wildman–Crippen MR) is 80.4 cm³/mol. The van der Waals surface area contributed by atoms with Crippen molar-refractivity contribution in [3.8, 4) is 5.75 Å². The number of alkyl halides is 3. The third kappa shape index (κ3) is 2.96. The standard InChI is InChI=1S/C16H21F3N2O/c1-22-15-9-14(12(8-13(15)20)10-2-3-10)21-6-4-11(5-7-21)16(17,18)19/h8-11H,2-7,20H2,1H3. The first-order valence-electron chi connectivity index (χ1n) is 7.69. The molecule has 3 rings (SSSR count). The van der Waals surface area contributed by atoms with Crippen molar-refractivity contribution in [2.45, 2.75) is 37.8 Å². The summed E-state index contributed by atoms with van der Waals surface area (Å²) in [5, 5.41) is 0. The van der Waals surface area contributed by atoms with Crippen LogP contribution >= 0.6 is 0 Å². The van der Waals surface area contributed by atoms with E-state index in [0.29, 0.717) is 30.4 Å². The molecule has 122 valence electrons. The molecular formula is C16H21F3N2O. The molecule has 22 heavy (non-hydrogen) atoms. The van der Waals surface area contributed by atoms with E-state index in [2.05, 4.69) is 4.90 Å². The normalized spacial score (nSPS) is 20.3. The van der Waals surface area contributed by atoms with E-state index in [1.54, 1.807) is 7.11 Å². The summed E-state index contributed by atoms with van der Waals surface area (Å²) in [5.74, 6) is -0.0929. The average Bonchev–Trinajstić information content (AvgIpc) is 3.31. The van der Waals surface area contributed by atoms with Crippen LogP contribution in [0.4, 0.5) is 24.5 Å². The minimum absolute atomic E-state index is 0.153. The number of nitrogen functional groups attached to an aromatic ring is 1. The maximum Gasteiger partial charge on any atom is 0.391 e. The van der Waals surface area contributed by atoms with Gasteiger partial charge in [0.2, 0.25) is 0 Å². The molecule has 1 heterocycles. The Kier molecular flexibility index (Phi) is 3.87. The minimum Gasteiger partial charge on any atom is -0.495 e. The second kappa shape index (κ2) is 5.56. The summed E-state index contributed by atoms with van der Waals surface area (Å²) in [6.07, 6.45) is -1.53. The van der Waals surface area contributed by atoms with Gasteiger partial charge in [-0.3, -0.25) is 0 Å². The number of nitrogens with zero attached hydrogens (tertiary/aromatic N) is 1. The second-order valence-electron chi connectivity index (χ2n) is 6.23. The highest BCUT2D eigenvalue weighted by atomic mass is 19.4. The number of halogens is 3. The van der Waals surface area contributed by atoms with Crippen LogP contribution in [0.5, 0.6) is 5.75 Å². The lowest BCUT2D eigenvalue weighted by atomic mass is 9.94. The van der Waals surface area contributed by atoms with Gasteiger partial charge in [-0.15, -0.1) is 0 Å². The Hall–Kier alpha value is -1.59. The molecule has 6 heteroatoms. The molecule has 1 aromatic rings. The van der Waals surface area contributed by atoms with Crippen molar-refractivity contribution in [3.63, 3.8) is 0 Å². The smallest absolute Gasteiger partial charge is 0.391 e. The monoisotopic (exact) mass is 314 g/mol. The molecule has 1 saturated heterocycles. The fourth-order valence-electron chi connectivity index (χ4n) is 3.22. The molecule has 1 aromatic carbocycles. The first-order valence-corrected chi connectivity index (χ1v) is 7.69. The Labute approximate surface area is 128 Å². The van der Waals surface area contributed by atoms with Crippen LogP contribution in [0.15, 0.2) is 12.1 Å². The fourth-order valence-corrected chi connectivity index (χ4v) is 3.22. The van der Waals surface area contributed by atoms with Crippen LogP contribution in [-0.2, 0) is 0 Å². The lowest BCUT2D eigenvalue weighted by Gasteiger charge is -2.35. The number of rotatable bonds is 3. The molecule has 2 N–H and O–H groups in total. The predicted octanol–water partition coefficient (Wildman–Crippen LogP) is 3.93. The topological polar surface area (TPSA) is 38.5 Å². The van der Waals surface area contributed by atoms with Crippen molar-refractivity contribution < 1.29 is 17.9 Å². The van der Waals surface area contributed by atoms with Crippen LogP contribution in [-0.4, -0.2) is 26.4 Å². The lowest BCUT2D eigenvalue weighted by Crippen LogP contribution is -2.39. The lowest BCUT2D eigenvalue weighted by molar-refractivity contribution is -0.179. The van der Waals surface area contributed by atoms with E-state index in [0.717, 1.165) is 24.1 Å². The van der Waals surface area contributed by atoms with Crippen molar-refractivity contribution in [3.05, 3.63) is 17.7 Å². The number of piperidine rings is 1. The van der Waals surface area contributed by atoms with E-state index < -0.39 is 12.1 Å². The number of hydrogen-bond donors (Lipinski definition) is 1. The van der Waals surface area contributed by atoms with E-state index in [1.165, 1.54) is 0 Å². The molecule has 0 spiro atoms. The molecule has 1 aliphatic heterocycles. The number of hydrogen-bond acceptors (Lipinski definition) is 3. The number of methoxy groups -OCH3 is 1. The van der Waals surface area contributed by atoms with Crippen LogP contribution < -0.4 is 15.4 Å². The van der Waals surface area contributed by atoms with E-state index in [4.69, 9.17) is 10.5 Å². The van der Waals surface area contributed by atoms with Crippen LogP contribution in [0, 0.1) is 5.92 Å². The molecule has 1 aliphatic carbocycles. The minimum atomic E-state index is -4.08. The summed E-state index contributed by atoms with van der Waals surface area (Å²) in [6.45, 7) is 0.855. The number of benzene rings is 1. The number of nitrogens with two attached hydrogens (primary N) is 1. The number of anilines is 2. The van der Waals surface area contributed by atoms with Crippen molar-refractivity contribution in [2.75, 3.05) is 30.8 Å². The van der Waals surface area contributed by atoms with Gasteiger partial charge < -0.3 is 15.4 Å². The van der Waals surface area contributed by atoms with E-state index >= 15 is 0 Å².